The Balaban J connectivity index is 1.80. The second-order valence-electron chi connectivity index (χ2n) is 8.32. The van der Waals surface area contributed by atoms with Crippen LogP contribution in [0, 0.1) is 5.41 Å². The van der Waals surface area contributed by atoms with Gasteiger partial charge in [-0.15, -0.1) is 0 Å². The number of amides is 2. The van der Waals surface area contributed by atoms with Gasteiger partial charge in [-0.2, -0.15) is 0 Å². The van der Waals surface area contributed by atoms with Crippen LogP contribution in [0.25, 0.3) is 0 Å². The molecule has 0 aromatic heterocycles. The molecule has 0 radical (unpaired) electrons. The predicted molar refractivity (Wildman–Crippen MR) is 101 cm³/mol. The van der Waals surface area contributed by atoms with Gasteiger partial charge in [-0.1, -0.05) is 58.9 Å². The van der Waals surface area contributed by atoms with Crippen LogP contribution in [0.2, 0.25) is 0 Å². The Bertz CT molecular complexity index is 591. The Kier molecular flexibility index (Phi) is 6.26. The average molecular weight is 344 g/mol. The standard InChI is InChI=1S/C21H32N2O2/c1-16(2)18-9-6-17(7-10-18)8-11-19(24)22-12-14-23(15-13-22)20(25)21(3,4)5/h6-7,9-10,16H,8,11-15H2,1-5H3. The highest BCUT2D eigenvalue weighted by molar-refractivity contribution is 5.82. The van der Waals surface area contributed by atoms with Crippen molar-refractivity contribution in [3.63, 3.8) is 0 Å². The molecule has 1 fully saturated rings. The van der Waals surface area contributed by atoms with Crippen molar-refractivity contribution in [1.29, 1.82) is 0 Å². The summed E-state index contributed by atoms with van der Waals surface area (Å²) >= 11 is 0. The summed E-state index contributed by atoms with van der Waals surface area (Å²) < 4.78 is 0. The van der Waals surface area contributed by atoms with E-state index in [2.05, 4.69) is 38.1 Å². The minimum absolute atomic E-state index is 0.171. The van der Waals surface area contributed by atoms with Gasteiger partial charge in [-0.25, -0.2) is 0 Å². The van der Waals surface area contributed by atoms with E-state index in [0.29, 0.717) is 38.5 Å². The van der Waals surface area contributed by atoms with Gasteiger partial charge in [0, 0.05) is 38.0 Å². The number of hydrogen-bond donors (Lipinski definition) is 0. The van der Waals surface area contributed by atoms with Crippen LogP contribution in [-0.4, -0.2) is 47.8 Å². The Morgan fingerprint density at radius 1 is 0.960 bits per heavy atom. The van der Waals surface area contributed by atoms with E-state index >= 15 is 0 Å². The van der Waals surface area contributed by atoms with Gasteiger partial charge in [0.2, 0.25) is 11.8 Å². The molecule has 0 spiro atoms. The summed E-state index contributed by atoms with van der Waals surface area (Å²) in [7, 11) is 0. The normalized spacial score (nSPS) is 15.6. The molecule has 4 heteroatoms. The molecule has 0 bridgehead atoms. The zero-order valence-electron chi connectivity index (χ0n) is 16.3. The Morgan fingerprint density at radius 2 is 1.48 bits per heavy atom. The lowest BCUT2D eigenvalue weighted by atomic mass is 9.94. The quantitative estimate of drug-likeness (QED) is 0.839. The van der Waals surface area contributed by atoms with Gasteiger partial charge in [0.15, 0.2) is 0 Å². The van der Waals surface area contributed by atoms with E-state index in [1.807, 2.05) is 30.6 Å². The van der Waals surface area contributed by atoms with Crippen molar-refractivity contribution in [2.45, 2.75) is 53.4 Å². The van der Waals surface area contributed by atoms with Crippen LogP contribution in [0.15, 0.2) is 24.3 Å². The first-order valence-electron chi connectivity index (χ1n) is 9.34. The number of aryl methyl sites for hydroxylation is 1. The van der Waals surface area contributed by atoms with E-state index in [1.54, 1.807) is 0 Å². The molecule has 25 heavy (non-hydrogen) atoms. The zero-order valence-corrected chi connectivity index (χ0v) is 16.3. The SMILES string of the molecule is CC(C)c1ccc(CCC(=O)N2CCN(C(=O)C(C)(C)C)CC2)cc1. The van der Waals surface area contributed by atoms with Crippen LogP contribution in [0.4, 0.5) is 0 Å². The number of piperazine rings is 1. The first-order chi connectivity index (χ1) is 11.7. The summed E-state index contributed by atoms with van der Waals surface area (Å²) in [5.74, 6) is 0.892. The Morgan fingerprint density at radius 3 is 1.96 bits per heavy atom. The van der Waals surface area contributed by atoms with Crippen LogP contribution in [0.1, 0.15) is 58.1 Å². The van der Waals surface area contributed by atoms with Gasteiger partial charge in [-0.05, 0) is 23.5 Å². The average Bonchev–Trinajstić information content (AvgIpc) is 2.58. The number of benzene rings is 1. The summed E-state index contributed by atoms with van der Waals surface area (Å²) in [5, 5.41) is 0. The number of carbonyl (C=O) groups is 2. The van der Waals surface area contributed by atoms with Gasteiger partial charge in [0.25, 0.3) is 0 Å². The van der Waals surface area contributed by atoms with Crippen LogP contribution in [-0.2, 0) is 16.0 Å². The Hall–Kier alpha value is -1.84. The second kappa shape index (κ2) is 8.03. The molecule has 1 aromatic carbocycles. The van der Waals surface area contributed by atoms with Crippen LogP contribution >= 0.6 is 0 Å². The van der Waals surface area contributed by atoms with Crippen molar-refractivity contribution in [2.24, 2.45) is 5.41 Å². The fraction of sp³-hybridized carbons (Fsp3) is 0.619. The van der Waals surface area contributed by atoms with E-state index in [9.17, 15) is 9.59 Å². The zero-order chi connectivity index (χ0) is 18.6. The third-order valence-electron chi connectivity index (χ3n) is 4.84. The number of nitrogens with zero attached hydrogens (tertiary/aromatic N) is 2. The molecule has 4 nitrogen and oxygen atoms in total. The van der Waals surface area contributed by atoms with E-state index in [1.165, 1.54) is 11.1 Å². The van der Waals surface area contributed by atoms with Crippen LogP contribution in [0.3, 0.4) is 0 Å². The fourth-order valence-corrected chi connectivity index (χ4v) is 3.11. The third-order valence-corrected chi connectivity index (χ3v) is 4.84. The molecule has 1 aliphatic rings. The Labute approximate surface area is 152 Å². The van der Waals surface area contributed by atoms with Crippen LogP contribution < -0.4 is 0 Å². The van der Waals surface area contributed by atoms with Crippen molar-refractivity contribution in [2.75, 3.05) is 26.2 Å². The highest BCUT2D eigenvalue weighted by atomic mass is 16.2. The summed E-state index contributed by atoms with van der Waals surface area (Å²) in [6.07, 6.45) is 1.31. The van der Waals surface area contributed by atoms with Gasteiger partial charge < -0.3 is 9.80 Å². The summed E-state index contributed by atoms with van der Waals surface area (Å²) in [5.41, 5.74) is 2.18. The highest BCUT2D eigenvalue weighted by Crippen LogP contribution is 2.19. The minimum atomic E-state index is -0.353. The summed E-state index contributed by atoms with van der Waals surface area (Å²) in [6, 6.07) is 8.56. The molecule has 2 amide bonds. The number of hydrogen-bond acceptors (Lipinski definition) is 2. The van der Waals surface area contributed by atoms with Gasteiger partial charge >= 0.3 is 0 Å². The fourth-order valence-electron chi connectivity index (χ4n) is 3.11. The van der Waals surface area contributed by atoms with Crippen LogP contribution in [0.5, 0.6) is 0 Å². The molecule has 2 rings (SSSR count). The van der Waals surface area contributed by atoms with E-state index < -0.39 is 0 Å². The van der Waals surface area contributed by atoms with Crippen molar-refractivity contribution in [3.8, 4) is 0 Å². The van der Waals surface area contributed by atoms with Gasteiger partial charge in [0.05, 0.1) is 0 Å². The molecule has 1 heterocycles. The minimum Gasteiger partial charge on any atom is -0.339 e. The molecular formula is C21H32N2O2. The number of carbonyl (C=O) groups excluding carboxylic acids is 2. The summed E-state index contributed by atoms with van der Waals surface area (Å²) in [4.78, 5) is 28.5. The second-order valence-corrected chi connectivity index (χ2v) is 8.32. The first-order valence-corrected chi connectivity index (χ1v) is 9.34. The first kappa shape index (κ1) is 19.5. The largest absolute Gasteiger partial charge is 0.339 e. The van der Waals surface area contributed by atoms with Crippen molar-refractivity contribution in [1.82, 2.24) is 9.80 Å². The lowest BCUT2D eigenvalue weighted by Crippen LogP contribution is -2.53. The van der Waals surface area contributed by atoms with E-state index in [0.717, 1.165) is 6.42 Å². The maximum absolute atomic E-state index is 12.4. The highest BCUT2D eigenvalue weighted by Gasteiger charge is 2.30. The van der Waals surface area contributed by atoms with Crippen molar-refractivity contribution in [3.05, 3.63) is 35.4 Å². The molecule has 138 valence electrons. The molecule has 0 unspecified atom stereocenters. The molecule has 0 N–H and O–H groups in total. The predicted octanol–water partition coefficient (Wildman–Crippen LogP) is 3.46. The third kappa shape index (κ3) is 5.32. The molecular weight excluding hydrogens is 312 g/mol. The maximum Gasteiger partial charge on any atom is 0.228 e. The van der Waals surface area contributed by atoms with Gasteiger partial charge in [-0.3, -0.25) is 9.59 Å². The maximum atomic E-state index is 12.4. The van der Waals surface area contributed by atoms with E-state index in [-0.39, 0.29) is 17.2 Å². The lowest BCUT2D eigenvalue weighted by molar-refractivity contribution is -0.144. The lowest BCUT2D eigenvalue weighted by Gasteiger charge is -2.37. The van der Waals surface area contributed by atoms with Gasteiger partial charge in [0.1, 0.15) is 0 Å². The molecule has 0 aliphatic carbocycles. The molecule has 0 saturated carbocycles. The molecule has 1 aromatic rings. The molecule has 0 atom stereocenters. The summed E-state index contributed by atoms with van der Waals surface area (Å²) in [6.45, 7) is 12.8. The smallest absolute Gasteiger partial charge is 0.228 e. The number of rotatable bonds is 4. The molecule has 1 aliphatic heterocycles. The topological polar surface area (TPSA) is 40.6 Å². The van der Waals surface area contributed by atoms with Crippen molar-refractivity contribution < 1.29 is 9.59 Å². The van der Waals surface area contributed by atoms with Crippen molar-refractivity contribution >= 4 is 11.8 Å². The van der Waals surface area contributed by atoms with E-state index in [4.69, 9.17) is 0 Å². The molecule has 1 saturated heterocycles. The monoisotopic (exact) mass is 344 g/mol.